The van der Waals surface area contributed by atoms with Crippen molar-refractivity contribution < 1.29 is 9.18 Å². The van der Waals surface area contributed by atoms with Crippen LogP contribution in [-0.2, 0) is 10.2 Å². The Balaban J connectivity index is 1.54. The number of hydrogen-bond acceptors (Lipinski definition) is 2. The van der Waals surface area contributed by atoms with Gasteiger partial charge in [-0.05, 0) is 30.9 Å². The molecular weight excluding hydrogens is 319 g/mol. The van der Waals surface area contributed by atoms with Crippen molar-refractivity contribution >= 4 is 11.9 Å². The number of benzene rings is 1. The highest BCUT2D eigenvalue weighted by Gasteiger charge is 2.45. The number of halogens is 1. The lowest BCUT2D eigenvalue weighted by molar-refractivity contribution is -0.129. The number of nitrogens with one attached hydrogen (secondary N) is 2. The van der Waals surface area contributed by atoms with Crippen LogP contribution < -0.4 is 10.6 Å². The smallest absolute Gasteiger partial charge is 0.222 e. The Kier molecular flexibility index (Phi) is 5.25. The summed E-state index contributed by atoms with van der Waals surface area (Å²) >= 11 is 0. The molecule has 1 aromatic rings. The second-order valence-electron chi connectivity index (χ2n) is 7.01. The third kappa shape index (κ3) is 3.94. The van der Waals surface area contributed by atoms with Crippen molar-refractivity contribution in [2.75, 3.05) is 26.7 Å². The van der Waals surface area contributed by atoms with Crippen LogP contribution in [0.1, 0.15) is 38.2 Å². The van der Waals surface area contributed by atoms with Gasteiger partial charge < -0.3 is 15.5 Å². The summed E-state index contributed by atoms with van der Waals surface area (Å²) in [5, 5.41) is 6.74. The molecule has 3 rings (SSSR count). The van der Waals surface area contributed by atoms with E-state index in [1.807, 2.05) is 24.0 Å². The molecule has 5 nitrogen and oxygen atoms in total. The van der Waals surface area contributed by atoms with Crippen molar-refractivity contribution in [3.63, 3.8) is 0 Å². The van der Waals surface area contributed by atoms with Crippen molar-refractivity contribution in [3.8, 4) is 0 Å². The molecule has 1 amide bonds. The molecule has 0 spiro atoms. The summed E-state index contributed by atoms with van der Waals surface area (Å²) < 4.78 is 14.1. The molecule has 2 aliphatic rings. The van der Waals surface area contributed by atoms with E-state index in [0.717, 1.165) is 37.3 Å². The van der Waals surface area contributed by atoms with Gasteiger partial charge in [0, 0.05) is 44.6 Å². The number of aliphatic imine (C=N–C) groups is 1. The van der Waals surface area contributed by atoms with E-state index in [9.17, 15) is 9.18 Å². The highest BCUT2D eigenvalue weighted by atomic mass is 19.1. The summed E-state index contributed by atoms with van der Waals surface area (Å²) in [5.41, 5.74) is 0.668. The fraction of sp³-hybridized carbons (Fsp3) is 0.579. The van der Waals surface area contributed by atoms with E-state index in [1.54, 1.807) is 13.1 Å². The van der Waals surface area contributed by atoms with Gasteiger partial charge in [0.05, 0.1) is 0 Å². The third-order valence-electron chi connectivity index (χ3n) is 5.30. The summed E-state index contributed by atoms with van der Waals surface area (Å²) in [7, 11) is 1.74. The Labute approximate surface area is 148 Å². The molecule has 1 saturated carbocycles. The van der Waals surface area contributed by atoms with Crippen LogP contribution in [0.3, 0.4) is 0 Å². The topological polar surface area (TPSA) is 56.7 Å². The number of carbonyl (C=O) groups excluding carboxylic acids is 1. The number of guanidine groups is 1. The van der Waals surface area contributed by atoms with Gasteiger partial charge in [0.25, 0.3) is 0 Å². The highest BCUT2D eigenvalue weighted by molar-refractivity contribution is 5.80. The van der Waals surface area contributed by atoms with Crippen LogP contribution in [0, 0.1) is 5.82 Å². The predicted octanol–water partition coefficient (Wildman–Crippen LogP) is 2.03. The zero-order chi connectivity index (χ0) is 17.9. The van der Waals surface area contributed by atoms with Crippen molar-refractivity contribution in [1.82, 2.24) is 15.5 Å². The molecule has 136 valence electrons. The van der Waals surface area contributed by atoms with Crippen molar-refractivity contribution in [1.29, 1.82) is 0 Å². The first-order valence-electron chi connectivity index (χ1n) is 9.08. The second kappa shape index (κ2) is 7.42. The quantitative estimate of drug-likeness (QED) is 0.634. The first-order valence-corrected chi connectivity index (χ1v) is 9.08. The zero-order valence-corrected chi connectivity index (χ0v) is 15.0. The van der Waals surface area contributed by atoms with Gasteiger partial charge >= 0.3 is 0 Å². The van der Waals surface area contributed by atoms with Crippen LogP contribution in [0.15, 0.2) is 29.3 Å². The van der Waals surface area contributed by atoms with Gasteiger partial charge in [0.15, 0.2) is 5.96 Å². The lowest BCUT2D eigenvalue weighted by Crippen LogP contribution is -2.47. The van der Waals surface area contributed by atoms with E-state index in [1.165, 1.54) is 6.07 Å². The second-order valence-corrected chi connectivity index (χ2v) is 7.01. The van der Waals surface area contributed by atoms with E-state index >= 15 is 0 Å². The fourth-order valence-corrected chi connectivity index (χ4v) is 3.55. The summed E-state index contributed by atoms with van der Waals surface area (Å²) in [4.78, 5) is 18.0. The van der Waals surface area contributed by atoms with Gasteiger partial charge in [-0.3, -0.25) is 9.79 Å². The molecule has 1 saturated heterocycles. The SMILES string of the molecule is CCC(=O)N1CCC(NC(=NC)NCC2(c3ccccc3F)CC2)C1. The van der Waals surface area contributed by atoms with E-state index in [-0.39, 0.29) is 23.2 Å². The van der Waals surface area contributed by atoms with E-state index in [0.29, 0.717) is 19.5 Å². The number of rotatable bonds is 5. The molecule has 0 radical (unpaired) electrons. The molecule has 1 heterocycles. The molecule has 6 heteroatoms. The minimum atomic E-state index is -0.130. The Morgan fingerprint density at radius 3 is 2.80 bits per heavy atom. The Hall–Kier alpha value is -2.11. The minimum absolute atomic E-state index is 0.122. The molecule has 1 atom stereocenters. The number of amides is 1. The minimum Gasteiger partial charge on any atom is -0.356 e. The molecular formula is C19H27FN4O. The maximum Gasteiger partial charge on any atom is 0.222 e. The monoisotopic (exact) mass is 346 g/mol. The molecule has 2 N–H and O–H groups in total. The van der Waals surface area contributed by atoms with Gasteiger partial charge in [-0.1, -0.05) is 25.1 Å². The number of nitrogens with zero attached hydrogens (tertiary/aromatic N) is 2. The van der Waals surface area contributed by atoms with E-state index in [4.69, 9.17) is 0 Å². The first kappa shape index (κ1) is 17.7. The lowest BCUT2D eigenvalue weighted by Gasteiger charge is -2.22. The van der Waals surface area contributed by atoms with Crippen LogP contribution in [-0.4, -0.2) is 49.5 Å². The Morgan fingerprint density at radius 1 is 1.40 bits per heavy atom. The average molecular weight is 346 g/mol. The van der Waals surface area contributed by atoms with E-state index < -0.39 is 0 Å². The van der Waals surface area contributed by atoms with Gasteiger partial charge in [0.1, 0.15) is 5.82 Å². The molecule has 2 fully saturated rings. The lowest BCUT2D eigenvalue weighted by atomic mass is 9.95. The third-order valence-corrected chi connectivity index (χ3v) is 5.30. The summed E-state index contributed by atoms with van der Waals surface area (Å²) in [5.74, 6) is 0.788. The molecule has 0 bridgehead atoms. The zero-order valence-electron chi connectivity index (χ0n) is 15.0. The largest absolute Gasteiger partial charge is 0.356 e. The highest BCUT2D eigenvalue weighted by Crippen LogP contribution is 2.48. The van der Waals surface area contributed by atoms with Crippen LogP contribution in [0.4, 0.5) is 4.39 Å². The van der Waals surface area contributed by atoms with Crippen LogP contribution in [0.5, 0.6) is 0 Å². The van der Waals surface area contributed by atoms with Crippen LogP contribution in [0.2, 0.25) is 0 Å². The molecule has 0 aromatic heterocycles. The predicted molar refractivity (Wildman–Crippen MR) is 97.1 cm³/mol. The molecule has 25 heavy (non-hydrogen) atoms. The van der Waals surface area contributed by atoms with Crippen LogP contribution >= 0.6 is 0 Å². The van der Waals surface area contributed by atoms with E-state index in [2.05, 4.69) is 15.6 Å². The van der Waals surface area contributed by atoms with Crippen LogP contribution in [0.25, 0.3) is 0 Å². The normalized spacial score (nSPS) is 22.0. The number of likely N-dealkylation sites (tertiary alicyclic amines) is 1. The molecule has 1 aromatic carbocycles. The first-order chi connectivity index (χ1) is 12.1. The summed E-state index contributed by atoms with van der Waals surface area (Å²) in [6.07, 6.45) is 3.44. The van der Waals surface area contributed by atoms with Gasteiger partial charge in [0.2, 0.25) is 5.91 Å². The standard InChI is InChI=1S/C19H27FN4O/c1-3-17(25)24-11-8-14(12-24)23-18(21-2)22-13-19(9-10-19)15-6-4-5-7-16(15)20/h4-7,14H,3,8-13H2,1-2H3,(H2,21,22,23). The van der Waals surface area contributed by atoms with Gasteiger partial charge in [-0.2, -0.15) is 0 Å². The average Bonchev–Trinajstić information content (AvgIpc) is 3.27. The molecule has 1 unspecified atom stereocenters. The Bertz CT molecular complexity index is 657. The molecule has 1 aliphatic carbocycles. The summed E-state index contributed by atoms with van der Waals surface area (Å²) in [6.45, 7) is 4.06. The molecule has 1 aliphatic heterocycles. The van der Waals surface area contributed by atoms with Gasteiger partial charge in [-0.15, -0.1) is 0 Å². The number of hydrogen-bond donors (Lipinski definition) is 2. The Morgan fingerprint density at radius 2 is 2.16 bits per heavy atom. The summed E-state index contributed by atoms with van der Waals surface area (Å²) in [6, 6.07) is 7.24. The van der Waals surface area contributed by atoms with Crippen molar-refractivity contribution in [2.45, 2.75) is 44.1 Å². The maximum absolute atomic E-state index is 14.1. The van der Waals surface area contributed by atoms with Crippen molar-refractivity contribution in [2.24, 2.45) is 4.99 Å². The number of carbonyl (C=O) groups is 1. The van der Waals surface area contributed by atoms with Gasteiger partial charge in [-0.25, -0.2) is 4.39 Å². The maximum atomic E-state index is 14.1. The fourth-order valence-electron chi connectivity index (χ4n) is 3.55. The van der Waals surface area contributed by atoms with Crippen molar-refractivity contribution in [3.05, 3.63) is 35.6 Å².